The van der Waals surface area contributed by atoms with Crippen LogP contribution in [0, 0.1) is 5.92 Å². The second-order valence-electron chi connectivity index (χ2n) is 6.61. The molecule has 128 valence electrons. The Kier molecular flexibility index (Phi) is 7.20. The van der Waals surface area contributed by atoms with E-state index in [1.165, 1.54) is 11.1 Å². The van der Waals surface area contributed by atoms with Crippen LogP contribution >= 0.6 is 0 Å². The largest absolute Gasteiger partial charge is 0.386 e. The van der Waals surface area contributed by atoms with Crippen LogP contribution in [0.25, 0.3) is 0 Å². The standard InChI is InChI=1S/C22H27FO/c1-17(2)22(24)21(23)20(15-13-18-9-5-3-6-10-18)16-14-19-11-7-4-8-12-19/h3-12,17,22,24H,13-16H2,1-2H3. The molecule has 2 rings (SSSR count). The van der Waals surface area contributed by atoms with Crippen molar-refractivity contribution in [2.45, 2.75) is 45.6 Å². The van der Waals surface area contributed by atoms with E-state index in [0.29, 0.717) is 12.8 Å². The van der Waals surface area contributed by atoms with Crippen molar-refractivity contribution in [2.24, 2.45) is 5.92 Å². The molecule has 0 bridgehead atoms. The number of rotatable bonds is 8. The summed E-state index contributed by atoms with van der Waals surface area (Å²) in [6.45, 7) is 3.69. The zero-order chi connectivity index (χ0) is 17.4. The lowest BCUT2D eigenvalue weighted by molar-refractivity contribution is 0.133. The molecule has 1 N–H and O–H groups in total. The molecule has 0 spiro atoms. The number of aliphatic hydroxyl groups excluding tert-OH is 1. The summed E-state index contributed by atoms with van der Waals surface area (Å²) in [4.78, 5) is 0. The van der Waals surface area contributed by atoms with E-state index in [1.54, 1.807) is 0 Å². The van der Waals surface area contributed by atoms with Crippen molar-refractivity contribution in [1.82, 2.24) is 0 Å². The Morgan fingerprint density at radius 3 is 1.62 bits per heavy atom. The van der Waals surface area contributed by atoms with E-state index in [-0.39, 0.29) is 11.7 Å². The number of aryl methyl sites for hydroxylation is 2. The quantitative estimate of drug-likeness (QED) is 0.680. The van der Waals surface area contributed by atoms with Crippen LogP contribution in [-0.2, 0) is 12.8 Å². The fourth-order valence-electron chi connectivity index (χ4n) is 2.75. The Hall–Kier alpha value is -1.93. The van der Waals surface area contributed by atoms with E-state index < -0.39 is 6.10 Å². The first-order chi connectivity index (χ1) is 11.6. The average Bonchev–Trinajstić information content (AvgIpc) is 2.62. The average molecular weight is 326 g/mol. The number of halogens is 1. The molecule has 2 aromatic carbocycles. The zero-order valence-corrected chi connectivity index (χ0v) is 14.6. The molecule has 24 heavy (non-hydrogen) atoms. The van der Waals surface area contributed by atoms with Gasteiger partial charge in [0, 0.05) is 0 Å². The summed E-state index contributed by atoms with van der Waals surface area (Å²) < 4.78 is 14.7. The number of hydrogen-bond donors (Lipinski definition) is 1. The summed E-state index contributed by atoms with van der Waals surface area (Å²) in [6.07, 6.45) is 1.87. The first kappa shape index (κ1) is 18.4. The third-order valence-corrected chi connectivity index (χ3v) is 4.35. The summed E-state index contributed by atoms with van der Waals surface area (Å²) in [7, 11) is 0. The predicted octanol–water partition coefficient (Wildman–Crippen LogP) is 5.49. The SMILES string of the molecule is CC(C)C(O)C(F)=C(CCc1ccccc1)CCc1ccccc1. The summed E-state index contributed by atoms with van der Waals surface area (Å²) in [5.74, 6) is -0.453. The van der Waals surface area contributed by atoms with Gasteiger partial charge in [0.2, 0.25) is 0 Å². The molecule has 2 heteroatoms. The minimum atomic E-state index is -1.01. The zero-order valence-electron chi connectivity index (χ0n) is 14.6. The van der Waals surface area contributed by atoms with Crippen molar-refractivity contribution >= 4 is 0 Å². The first-order valence-corrected chi connectivity index (χ1v) is 8.71. The Balaban J connectivity index is 2.10. The smallest absolute Gasteiger partial charge is 0.128 e. The Bertz CT molecular complexity index is 586. The van der Waals surface area contributed by atoms with Gasteiger partial charge < -0.3 is 5.11 Å². The van der Waals surface area contributed by atoms with Gasteiger partial charge in [0.05, 0.1) is 0 Å². The molecule has 0 saturated heterocycles. The maximum absolute atomic E-state index is 14.7. The molecular weight excluding hydrogens is 299 g/mol. The highest BCUT2D eigenvalue weighted by atomic mass is 19.1. The van der Waals surface area contributed by atoms with Crippen LogP contribution in [0.4, 0.5) is 4.39 Å². The van der Waals surface area contributed by atoms with Gasteiger partial charge in [0.25, 0.3) is 0 Å². The minimum Gasteiger partial charge on any atom is -0.386 e. The number of aliphatic hydroxyl groups is 1. The third kappa shape index (κ3) is 5.61. The maximum atomic E-state index is 14.7. The third-order valence-electron chi connectivity index (χ3n) is 4.35. The summed E-state index contributed by atoms with van der Waals surface area (Å²) >= 11 is 0. The highest BCUT2D eigenvalue weighted by Crippen LogP contribution is 2.25. The monoisotopic (exact) mass is 326 g/mol. The van der Waals surface area contributed by atoms with Gasteiger partial charge in [-0.2, -0.15) is 0 Å². The predicted molar refractivity (Wildman–Crippen MR) is 98.5 cm³/mol. The van der Waals surface area contributed by atoms with E-state index in [4.69, 9.17) is 0 Å². The lowest BCUT2D eigenvalue weighted by Gasteiger charge is -2.17. The molecule has 1 unspecified atom stereocenters. The van der Waals surface area contributed by atoms with Crippen molar-refractivity contribution < 1.29 is 9.50 Å². The van der Waals surface area contributed by atoms with Gasteiger partial charge in [-0.1, -0.05) is 74.5 Å². The van der Waals surface area contributed by atoms with Crippen LogP contribution in [0.2, 0.25) is 0 Å². The molecular formula is C22H27FO. The molecule has 0 amide bonds. The Labute approximate surface area is 144 Å². The normalized spacial score (nSPS) is 12.2. The maximum Gasteiger partial charge on any atom is 0.128 e. The topological polar surface area (TPSA) is 20.2 Å². The van der Waals surface area contributed by atoms with Crippen LogP contribution in [-0.4, -0.2) is 11.2 Å². The van der Waals surface area contributed by atoms with E-state index in [9.17, 15) is 9.50 Å². The van der Waals surface area contributed by atoms with Crippen molar-refractivity contribution in [3.8, 4) is 0 Å². The van der Waals surface area contributed by atoms with Gasteiger partial charge >= 0.3 is 0 Å². The molecule has 1 atom stereocenters. The summed E-state index contributed by atoms with van der Waals surface area (Å²) in [6, 6.07) is 20.2. The van der Waals surface area contributed by atoms with E-state index >= 15 is 0 Å². The molecule has 0 aliphatic rings. The molecule has 0 fully saturated rings. The fourth-order valence-corrected chi connectivity index (χ4v) is 2.75. The van der Waals surface area contributed by atoms with Crippen LogP contribution in [0.1, 0.15) is 37.8 Å². The van der Waals surface area contributed by atoms with E-state index in [2.05, 4.69) is 24.3 Å². The van der Waals surface area contributed by atoms with Crippen molar-refractivity contribution in [1.29, 1.82) is 0 Å². The number of hydrogen-bond acceptors (Lipinski definition) is 1. The van der Waals surface area contributed by atoms with Crippen molar-refractivity contribution in [2.75, 3.05) is 0 Å². The molecule has 2 aromatic rings. The Morgan fingerprint density at radius 1 is 0.833 bits per heavy atom. The van der Waals surface area contributed by atoms with Crippen LogP contribution < -0.4 is 0 Å². The lowest BCUT2D eigenvalue weighted by atomic mass is 9.94. The number of benzene rings is 2. The summed E-state index contributed by atoms with van der Waals surface area (Å²) in [5, 5.41) is 10.1. The second-order valence-corrected chi connectivity index (χ2v) is 6.61. The van der Waals surface area contributed by atoms with Gasteiger partial charge in [0.15, 0.2) is 0 Å². The highest BCUT2D eigenvalue weighted by molar-refractivity contribution is 5.21. The number of allylic oxidation sites excluding steroid dienone is 1. The molecule has 0 aliphatic carbocycles. The molecule has 0 radical (unpaired) electrons. The van der Waals surface area contributed by atoms with Gasteiger partial charge in [-0.25, -0.2) is 4.39 Å². The van der Waals surface area contributed by atoms with E-state index in [1.807, 2.05) is 50.2 Å². The van der Waals surface area contributed by atoms with Crippen LogP contribution in [0.5, 0.6) is 0 Å². The van der Waals surface area contributed by atoms with Crippen molar-refractivity contribution in [3.05, 3.63) is 83.2 Å². The molecule has 0 aromatic heterocycles. The Morgan fingerprint density at radius 2 is 1.25 bits per heavy atom. The van der Waals surface area contributed by atoms with Gasteiger partial charge in [-0.15, -0.1) is 0 Å². The second kappa shape index (κ2) is 9.39. The molecule has 1 nitrogen and oxygen atoms in total. The van der Waals surface area contributed by atoms with Crippen LogP contribution in [0.15, 0.2) is 72.1 Å². The molecule has 0 aliphatic heterocycles. The molecule has 0 saturated carbocycles. The first-order valence-electron chi connectivity index (χ1n) is 8.71. The summed E-state index contributed by atoms with van der Waals surface area (Å²) in [5.41, 5.74) is 3.13. The van der Waals surface area contributed by atoms with Crippen LogP contribution in [0.3, 0.4) is 0 Å². The van der Waals surface area contributed by atoms with Crippen molar-refractivity contribution in [3.63, 3.8) is 0 Å². The van der Waals surface area contributed by atoms with Gasteiger partial charge in [-0.3, -0.25) is 0 Å². The van der Waals surface area contributed by atoms with E-state index in [0.717, 1.165) is 18.4 Å². The minimum absolute atomic E-state index is 0.117. The van der Waals surface area contributed by atoms with Gasteiger partial charge in [0.1, 0.15) is 11.9 Å². The molecule has 0 heterocycles. The highest BCUT2D eigenvalue weighted by Gasteiger charge is 2.19. The van der Waals surface area contributed by atoms with Gasteiger partial charge in [-0.05, 0) is 48.3 Å². The lowest BCUT2D eigenvalue weighted by Crippen LogP contribution is -2.17. The fraction of sp³-hybridized carbons (Fsp3) is 0.364.